The lowest BCUT2D eigenvalue weighted by atomic mass is 10.1. The Morgan fingerprint density at radius 2 is 1.88 bits per heavy atom. The van der Waals surface area contributed by atoms with E-state index in [0.29, 0.717) is 0 Å². The minimum absolute atomic E-state index is 0.190. The lowest BCUT2D eigenvalue weighted by Crippen LogP contribution is -2.20. The Hall–Kier alpha value is -1.18. The molecule has 0 spiro atoms. The normalized spacial score (nSPS) is 11.7. The fourth-order valence-corrected chi connectivity index (χ4v) is 1.61. The van der Waals surface area contributed by atoms with Gasteiger partial charge in [0.15, 0.2) is 0 Å². The third-order valence-corrected chi connectivity index (χ3v) is 2.31. The number of halogens is 6. The molecule has 1 aromatic rings. The highest BCUT2D eigenvalue weighted by molar-refractivity contribution is 9.10. The van der Waals surface area contributed by atoms with Crippen molar-refractivity contribution in [3.8, 4) is 5.75 Å². The van der Waals surface area contributed by atoms with Gasteiger partial charge in [0.05, 0.1) is 5.56 Å². The summed E-state index contributed by atoms with van der Waals surface area (Å²) in [5, 5.41) is 0. The van der Waals surface area contributed by atoms with Gasteiger partial charge in [0.25, 0.3) is 0 Å². The van der Waals surface area contributed by atoms with E-state index in [4.69, 9.17) is 0 Å². The van der Waals surface area contributed by atoms with Crippen LogP contribution >= 0.6 is 15.9 Å². The molecule has 94 valence electrons. The third-order valence-electron chi connectivity index (χ3n) is 1.65. The van der Waals surface area contributed by atoms with E-state index in [9.17, 15) is 26.7 Å². The van der Waals surface area contributed by atoms with E-state index in [1.807, 2.05) is 0 Å². The molecule has 2 nitrogen and oxygen atoms in total. The second-order valence-corrected chi connectivity index (χ2v) is 3.68. The molecule has 17 heavy (non-hydrogen) atoms. The van der Waals surface area contributed by atoms with E-state index in [1.54, 1.807) is 0 Å². The minimum Gasteiger partial charge on any atom is -0.405 e. The summed E-state index contributed by atoms with van der Waals surface area (Å²) in [6, 6.07) is 3.08. The maximum Gasteiger partial charge on any atom is 0.573 e. The summed E-state index contributed by atoms with van der Waals surface area (Å²) in [4.78, 5) is 11.0. The first-order valence-electron chi connectivity index (χ1n) is 4.09. The van der Waals surface area contributed by atoms with Crippen molar-refractivity contribution in [2.45, 2.75) is 12.8 Å². The molecular weight excluding hydrogens is 315 g/mol. The summed E-state index contributed by atoms with van der Waals surface area (Å²) in [6.45, 7) is 0. The van der Waals surface area contributed by atoms with Crippen molar-refractivity contribution < 1.29 is 31.5 Å². The average Bonchev–Trinajstić information content (AvgIpc) is 2.14. The van der Waals surface area contributed by atoms with E-state index < -0.39 is 29.9 Å². The van der Waals surface area contributed by atoms with Crippen molar-refractivity contribution >= 4 is 21.7 Å². The maximum atomic E-state index is 12.2. The zero-order valence-corrected chi connectivity index (χ0v) is 9.48. The number of carbonyl (C=O) groups is 1. The Morgan fingerprint density at radius 1 is 1.29 bits per heavy atom. The summed E-state index contributed by atoms with van der Waals surface area (Å²) in [5.74, 6) is -2.70. The van der Waals surface area contributed by atoms with Gasteiger partial charge in [0.1, 0.15) is 5.75 Å². The summed E-state index contributed by atoms with van der Waals surface area (Å²) in [5.41, 5.74) is -0.833. The second-order valence-electron chi connectivity index (χ2n) is 2.83. The van der Waals surface area contributed by atoms with Crippen molar-refractivity contribution in [1.82, 2.24) is 0 Å². The molecule has 0 atom stereocenters. The Morgan fingerprint density at radius 3 is 2.35 bits per heavy atom. The van der Waals surface area contributed by atoms with Crippen LogP contribution in [0.15, 0.2) is 22.7 Å². The van der Waals surface area contributed by atoms with Gasteiger partial charge in [-0.15, -0.1) is 13.2 Å². The van der Waals surface area contributed by atoms with Gasteiger partial charge in [-0.25, -0.2) is 8.78 Å². The zero-order chi connectivity index (χ0) is 13.2. The summed E-state index contributed by atoms with van der Waals surface area (Å²) in [7, 11) is 0. The van der Waals surface area contributed by atoms with E-state index in [1.165, 1.54) is 6.07 Å². The molecule has 0 aliphatic heterocycles. The Kier molecular flexibility index (Phi) is 4.07. The van der Waals surface area contributed by atoms with Gasteiger partial charge in [-0.05, 0) is 28.1 Å². The predicted octanol–water partition coefficient (Wildman–Crippen LogP) is 3.80. The largest absolute Gasteiger partial charge is 0.573 e. The van der Waals surface area contributed by atoms with Gasteiger partial charge in [-0.1, -0.05) is 6.07 Å². The van der Waals surface area contributed by atoms with E-state index in [-0.39, 0.29) is 4.47 Å². The van der Waals surface area contributed by atoms with Crippen LogP contribution in [0.4, 0.5) is 22.0 Å². The van der Waals surface area contributed by atoms with Crippen molar-refractivity contribution in [3.63, 3.8) is 0 Å². The van der Waals surface area contributed by atoms with Gasteiger partial charge in [-0.2, -0.15) is 0 Å². The molecule has 0 radical (unpaired) electrons. The molecule has 0 heterocycles. The van der Waals surface area contributed by atoms with Crippen molar-refractivity contribution in [2.75, 3.05) is 0 Å². The molecule has 0 saturated heterocycles. The SMILES string of the molecule is O=C(c1c(Br)cccc1OC(F)(F)F)C(F)F. The number of alkyl halides is 5. The Balaban J connectivity index is 3.22. The van der Waals surface area contributed by atoms with E-state index in [2.05, 4.69) is 20.7 Å². The highest BCUT2D eigenvalue weighted by Gasteiger charge is 2.34. The number of hydrogen-bond acceptors (Lipinski definition) is 2. The fraction of sp³-hybridized carbons (Fsp3) is 0.222. The van der Waals surface area contributed by atoms with Gasteiger partial charge >= 0.3 is 12.8 Å². The Bertz CT molecular complexity index is 430. The second kappa shape index (κ2) is 4.99. The third kappa shape index (κ3) is 3.65. The molecule has 0 fully saturated rings. The molecule has 1 aromatic carbocycles. The molecule has 0 aliphatic carbocycles. The molecule has 1 rings (SSSR count). The molecule has 0 saturated carbocycles. The highest BCUT2D eigenvalue weighted by atomic mass is 79.9. The molecule has 0 unspecified atom stereocenters. The van der Waals surface area contributed by atoms with Crippen LogP contribution in [-0.4, -0.2) is 18.6 Å². The number of rotatable bonds is 3. The maximum absolute atomic E-state index is 12.2. The fourth-order valence-electron chi connectivity index (χ4n) is 1.06. The molecule has 0 amide bonds. The first-order valence-corrected chi connectivity index (χ1v) is 4.88. The van der Waals surface area contributed by atoms with Crippen LogP contribution in [0, 0.1) is 0 Å². The number of ether oxygens (including phenoxy) is 1. The first kappa shape index (κ1) is 13.9. The molecular formula is C9H4BrF5O2. The van der Waals surface area contributed by atoms with Crippen LogP contribution in [0.1, 0.15) is 10.4 Å². The van der Waals surface area contributed by atoms with E-state index in [0.717, 1.165) is 12.1 Å². The van der Waals surface area contributed by atoms with Gasteiger partial charge in [0.2, 0.25) is 5.78 Å². The number of benzene rings is 1. The van der Waals surface area contributed by atoms with Crippen LogP contribution in [-0.2, 0) is 0 Å². The predicted molar refractivity (Wildman–Crippen MR) is 51.2 cm³/mol. The molecule has 0 bridgehead atoms. The standard InChI is InChI=1S/C9H4BrF5O2/c10-4-2-1-3-5(17-9(13,14)15)6(4)7(16)8(11)12/h1-3,8H. The summed E-state index contributed by atoms with van der Waals surface area (Å²) in [6.07, 6.45) is -8.47. The van der Waals surface area contributed by atoms with Crippen LogP contribution in [0.25, 0.3) is 0 Å². The molecule has 8 heteroatoms. The molecule has 0 aromatic heterocycles. The molecule has 0 N–H and O–H groups in total. The van der Waals surface area contributed by atoms with Gasteiger partial charge < -0.3 is 4.74 Å². The minimum atomic E-state index is -5.06. The van der Waals surface area contributed by atoms with Crippen molar-refractivity contribution in [1.29, 1.82) is 0 Å². The number of hydrogen-bond donors (Lipinski definition) is 0. The Labute approximate surface area is 100 Å². The van der Waals surface area contributed by atoms with Crippen LogP contribution in [0.5, 0.6) is 5.75 Å². The monoisotopic (exact) mass is 318 g/mol. The van der Waals surface area contributed by atoms with Gasteiger partial charge in [-0.3, -0.25) is 4.79 Å². The van der Waals surface area contributed by atoms with Crippen molar-refractivity contribution in [2.24, 2.45) is 0 Å². The highest BCUT2D eigenvalue weighted by Crippen LogP contribution is 2.32. The van der Waals surface area contributed by atoms with Crippen LogP contribution in [0.3, 0.4) is 0 Å². The lowest BCUT2D eigenvalue weighted by Gasteiger charge is -2.13. The number of ketones is 1. The smallest absolute Gasteiger partial charge is 0.405 e. The quantitative estimate of drug-likeness (QED) is 0.626. The zero-order valence-electron chi connectivity index (χ0n) is 7.89. The van der Waals surface area contributed by atoms with Crippen LogP contribution < -0.4 is 4.74 Å². The summed E-state index contributed by atoms with van der Waals surface area (Å²) >= 11 is 2.72. The number of carbonyl (C=O) groups excluding carboxylic acids is 1. The summed E-state index contributed by atoms with van der Waals surface area (Å²) < 4.78 is 63.7. The molecule has 0 aliphatic rings. The topological polar surface area (TPSA) is 26.3 Å². The van der Waals surface area contributed by atoms with Crippen molar-refractivity contribution in [3.05, 3.63) is 28.2 Å². The van der Waals surface area contributed by atoms with Crippen LogP contribution in [0.2, 0.25) is 0 Å². The lowest BCUT2D eigenvalue weighted by molar-refractivity contribution is -0.274. The van der Waals surface area contributed by atoms with Gasteiger partial charge in [0, 0.05) is 4.47 Å². The first-order chi connectivity index (χ1) is 7.72. The number of Topliss-reactive ketones (excluding diaryl/α,β-unsaturated/α-hetero) is 1. The van der Waals surface area contributed by atoms with E-state index >= 15 is 0 Å². The average molecular weight is 319 g/mol.